The Kier molecular flexibility index (Phi) is 2.31. The molecule has 0 amide bonds. The van der Waals surface area contributed by atoms with Crippen molar-refractivity contribution >= 4 is 18.4 Å². The first-order chi connectivity index (χ1) is 4.52. The van der Waals surface area contributed by atoms with E-state index in [-0.39, 0.29) is 3.15 Å². The summed E-state index contributed by atoms with van der Waals surface area (Å²) >= 11 is -9.17. The predicted octanol–water partition coefficient (Wildman–Crippen LogP) is 1.80. The van der Waals surface area contributed by atoms with E-state index in [4.69, 9.17) is 0 Å². The molecule has 0 heterocycles. The van der Waals surface area contributed by atoms with Crippen LogP contribution >= 0.6 is 0 Å². The Balaban J connectivity index is 4.84. The van der Waals surface area contributed by atoms with Crippen LogP contribution in [0.3, 0.4) is 0 Å². The van der Waals surface area contributed by atoms with Gasteiger partial charge < -0.3 is 0 Å². The summed E-state index contributed by atoms with van der Waals surface area (Å²) < 4.78 is 52.9. The summed E-state index contributed by atoms with van der Waals surface area (Å²) in [7, 11) is 1.22. The topological polar surface area (TPSA) is 12.5 Å². The van der Waals surface area contributed by atoms with E-state index in [2.05, 4.69) is 3.10 Å². The number of halogens is 4. The second-order valence-corrected chi connectivity index (χ2v) is 10.4. The van der Waals surface area contributed by atoms with E-state index in [0.717, 1.165) is 6.92 Å². The third-order valence-electron chi connectivity index (χ3n) is 1.05. The monoisotopic (exact) mass is 295 g/mol. The van der Waals surface area contributed by atoms with E-state index in [9.17, 15) is 11.6 Å². The van der Waals surface area contributed by atoms with E-state index < -0.39 is 25.0 Å². The van der Waals surface area contributed by atoms with Gasteiger partial charge in [-0.1, -0.05) is 0 Å². The van der Waals surface area contributed by atoms with Gasteiger partial charge in [-0.15, -0.1) is 0 Å². The molecule has 0 rings (SSSR count). The summed E-state index contributed by atoms with van der Waals surface area (Å²) in [5.41, 5.74) is 0. The normalized spacial score (nSPS) is 19.6. The Morgan fingerprint density at radius 2 is 1.55 bits per heavy atom. The van der Waals surface area contributed by atoms with Gasteiger partial charge in [0.15, 0.2) is 0 Å². The van der Waals surface area contributed by atoms with Gasteiger partial charge in [-0.05, 0) is 0 Å². The Morgan fingerprint density at radius 1 is 1.18 bits per heavy atom. The molecule has 0 bridgehead atoms. The molecule has 7 heteroatoms. The zero-order chi connectivity index (χ0) is 9.40. The summed E-state index contributed by atoms with van der Waals surface area (Å²) in [4.78, 5) is 0. The zero-order valence-electron chi connectivity index (χ0n) is 6.48. The summed E-state index contributed by atoms with van der Waals surface area (Å²) in [5, 5.41) is 0. The van der Waals surface area contributed by atoms with Gasteiger partial charge in [0, 0.05) is 0 Å². The third kappa shape index (κ3) is 2.75. The molecule has 0 aromatic carbocycles. The summed E-state index contributed by atoms with van der Waals surface area (Å²) in [6.45, 7) is 0.412. The van der Waals surface area contributed by atoms with Crippen molar-refractivity contribution in [3.05, 3.63) is 0 Å². The van der Waals surface area contributed by atoms with E-state index >= 15 is 0 Å². The Hall–Kier alpha value is 0.430. The SMILES string of the molecule is CCO[Te](F)(F)(F)(F)N(C)C. The van der Waals surface area contributed by atoms with Crippen LogP contribution in [0.2, 0.25) is 0 Å². The van der Waals surface area contributed by atoms with Crippen molar-refractivity contribution in [1.82, 2.24) is 3.15 Å². The van der Waals surface area contributed by atoms with Crippen LogP contribution in [-0.4, -0.2) is 42.2 Å². The van der Waals surface area contributed by atoms with Crippen LogP contribution in [0, 0.1) is 0 Å². The van der Waals surface area contributed by atoms with Gasteiger partial charge in [-0.2, -0.15) is 0 Å². The van der Waals surface area contributed by atoms with Gasteiger partial charge >= 0.3 is 63.8 Å². The fourth-order valence-electron chi connectivity index (χ4n) is 0.336. The molecular formula is C4H11F4NOTe. The van der Waals surface area contributed by atoms with E-state index in [0.29, 0.717) is 14.1 Å². The molecule has 0 aliphatic rings. The summed E-state index contributed by atoms with van der Waals surface area (Å²) in [5.74, 6) is 0. The molecule has 0 N–H and O–H groups in total. The standard InChI is InChI=1S/C4H11F4NOTe/c1-4-10-11(5,6,7,8)9(2)3/h4H2,1-3H3. The van der Waals surface area contributed by atoms with Crippen molar-refractivity contribution in [3.63, 3.8) is 0 Å². The van der Waals surface area contributed by atoms with Crippen molar-refractivity contribution in [2.24, 2.45) is 0 Å². The van der Waals surface area contributed by atoms with Gasteiger partial charge in [-0.25, -0.2) is 0 Å². The molecular weight excluding hydrogens is 282 g/mol. The Bertz CT molecular complexity index is 161. The maximum atomic E-state index is 12.5. The van der Waals surface area contributed by atoms with Gasteiger partial charge in [0.25, 0.3) is 0 Å². The molecule has 11 heavy (non-hydrogen) atoms. The molecule has 72 valence electrons. The van der Waals surface area contributed by atoms with Crippen molar-refractivity contribution in [2.75, 3.05) is 20.7 Å². The van der Waals surface area contributed by atoms with Crippen LogP contribution in [0.5, 0.6) is 0 Å². The summed E-state index contributed by atoms with van der Waals surface area (Å²) in [6, 6.07) is 0. The quantitative estimate of drug-likeness (QED) is 0.581. The van der Waals surface area contributed by atoms with Crippen molar-refractivity contribution in [3.8, 4) is 0 Å². The van der Waals surface area contributed by atoms with Crippen molar-refractivity contribution in [1.29, 1.82) is 0 Å². The summed E-state index contributed by atoms with van der Waals surface area (Å²) in [6.07, 6.45) is 0. The molecule has 0 atom stereocenters. The van der Waals surface area contributed by atoms with Gasteiger partial charge in [0.2, 0.25) is 0 Å². The van der Waals surface area contributed by atoms with Gasteiger partial charge in [0.05, 0.1) is 0 Å². The minimum absolute atomic E-state index is 0.384. The Morgan fingerprint density at radius 3 is 1.64 bits per heavy atom. The Labute approximate surface area is 64.3 Å². The molecule has 0 aliphatic carbocycles. The molecule has 0 spiro atoms. The van der Waals surface area contributed by atoms with E-state index in [1.807, 2.05) is 0 Å². The van der Waals surface area contributed by atoms with Crippen molar-refractivity contribution in [2.45, 2.75) is 6.92 Å². The second kappa shape index (κ2) is 2.22. The second-order valence-electron chi connectivity index (χ2n) is 2.17. The molecule has 0 saturated carbocycles. The van der Waals surface area contributed by atoms with Crippen molar-refractivity contribution < 1.29 is 14.7 Å². The first-order valence-electron chi connectivity index (χ1n) is 2.86. The number of hydrogen-bond donors (Lipinski definition) is 0. The maximum absolute atomic E-state index is 12.5. The molecule has 0 aliphatic heterocycles. The van der Waals surface area contributed by atoms with Crippen LogP contribution in [0.15, 0.2) is 0 Å². The average Bonchev–Trinajstić information content (AvgIpc) is 1.60. The fraction of sp³-hybridized carbons (Fsp3) is 1.00. The molecule has 0 radical (unpaired) electrons. The average molecular weight is 293 g/mol. The van der Waals surface area contributed by atoms with E-state index in [1.54, 1.807) is 0 Å². The minimum atomic E-state index is -9.17. The molecule has 0 aromatic rings. The first-order valence-corrected chi connectivity index (χ1v) is 8.37. The fourth-order valence-corrected chi connectivity index (χ4v) is 2.26. The number of hydrogen-bond acceptors (Lipinski definition) is 2. The van der Waals surface area contributed by atoms with Crippen LogP contribution in [0.4, 0.5) is 11.6 Å². The first kappa shape index (κ1) is 11.4. The zero-order valence-corrected chi connectivity index (χ0v) is 8.81. The van der Waals surface area contributed by atoms with Gasteiger partial charge in [-0.3, -0.25) is 0 Å². The third-order valence-corrected chi connectivity index (χ3v) is 7.04. The van der Waals surface area contributed by atoms with Crippen LogP contribution in [0.25, 0.3) is 0 Å². The van der Waals surface area contributed by atoms with Crippen LogP contribution in [-0.2, 0) is 3.10 Å². The van der Waals surface area contributed by atoms with E-state index in [1.165, 1.54) is 0 Å². The number of nitrogens with zero attached hydrogens (tertiary/aromatic N) is 1. The predicted molar refractivity (Wildman–Crippen MR) is 35.5 cm³/mol. The molecule has 0 unspecified atom stereocenters. The van der Waals surface area contributed by atoms with Crippen LogP contribution in [0.1, 0.15) is 6.92 Å². The molecule has 2 nitrogen and oxygen atoms in total. The van der Waals surface area contributed by atoms with Gasteiger partial charge in [0.1, 0.15) is 0 Å². The molecule has 0 aromatic heterocycles. The number of rotatable bonds is 3. The van der Waals surface area contributed by atoms with Crippen LogP contribution < -0.4 is 0 Å². The molecule has 0 fully saturated rings. The molecule has 0 saturated heterocycles.